The fraction of sp³-hybridized carbons (Fsp3) is 0.571. The number of nitrogens with two attached hydrogens (primary N) is 1. The molecule has 2 atom stereocenters. The fourth-order valence-corrected chi connectivity index (χ4v) is 3.09. The molecule has 0 spiro atoms. The van der Waals surface area contributed by atoms with E-state index in [9.17, 15) is 0 Å². The molecule has 1 aliphatic rings. The molecule has 0 aliphatic heterocycles. The Balaban J connectivity index is 2.44. The van der Waals surface area contributed by atoms with E-state index in [1.54, 1.807) is 0 Å². The molecule has 1 unspecified atom stereocenters. The zero-order chi connectivity index (χ0) is 11.1. The first-order chi connectivity index (χ1) is 7.12. The summed E-state index contributed by atoms with van der Waals surface area (Å²) in [6.45, 7) is 6.87. The highest BCUT2D eigenvalue weighted by Gasteiger charge is 2.44. The number of fused-ring (bicyclic) bond motifs is 1. The summed E-state index contributed by atoms with van der Waals surface area (Å²) in [6, 6.07) is 8.87. The van der Waals surface area contributed by atoms with Crippen molar-refractivity contribution in [3.05, 3.63) is 35.4 Å². The van der Waals surface area contributed by atoms with Crippen LogP contribution in [-0.2, 0) is 6.42 Å². The van der Waals surface area contributed by atoms with E-state index in [1.165, 1.54) is 17.5 Å². The van der Waals surface area contributed by atoms with Crippen LogP contribution in [0.25, 0.3) is 0 Å². The smallest absolute Gasteiger partial charge is 0.0360 e. The minimum absolute atomic E-state index is 0.221. The number of benzene rings is 1. The highest BCUT2D eigenvalue weighted by Crippen LogP contribution is 2.51. The molecule has 0 heterocycles. The molecule has 0 aromatic heterocycles. The van der Waals surface area contributed by atoms with Crippen LogP contribution in [0.2, 0.25) is 0 Å². The largest absolute Gasteiger partial charge is 0.323 e. The predicted octanol–water partition coefficient (Wildman–Crippen LogP) is 3.29. The SMILES string of the molecule is CCC1(C(C)C)Cc2ccccc2[C@H]1N. The highest BCUT2D eigenvalue weighted by atomic mass is 14.7. The van der Waals surface area contributed by atoms with Gasteiger partial charge in [0.1, 0.15) is 0 Å². The second kappa shape index (κ2) is 3.64. The van der Waals surface area contributed by atoms with Gasteiger partial charge in [0.2, 0.25) is 0 Å². The zero-order valence-corrected chi connectivity index (χ0v) is 9.96. The summed E-state index contributed by atoms with van der Waals surface area (Å²) < 4.78 is 0. The minimum atomic E-state index is 0.221. The Kier molecular flexibility index (Phi) is 2.59. The van der Waals surface area contributed by atoms with Gasteiger partial charge in [0.05, 0.1) is 0 Å². The predicted molar refractivity (Wildman–Crippen MR) is 64.6 cm³/mol. The van der Waals surface area contributed by atoms with E-state index in [0.29, 0.717) is 5.92 Å². The number of hydrogen-bond acceptors (Lipinski definition) is 1. The number of rotatable bonds is 2. The molecule has 0 amide bonds. The Labute approximate surface area is 92.7 Å². The zero-order valence-electron chi connectivity index (χ0n) is 9.96. The lowest BCUT2D eigenvalue weighted by molar-refractivity contribution is 0.151. The van der Waals surface area contributed by atoms with Gasteiger partial charge in [-0.15, -0.1) is 0 Å². The van der Waals surface area contributed by atoms with Crippen LogP contribution in [0.4, 0.5) is 0 Å². The summed E-state index contributed by atoms with van der Waals surface area (Å²) in [6.07, 6.45) is 2.32. The lowest BCUT2D eigenvalue weighted by Gasteiger charge is -2.37. The minimum Gasteiger partial charge on any atom is -0.323 e. The molecule has 1 aliphatic carbocycles. The first-order valence-electron chi connectivity index (χ1n) is 5.95. The van der Waals surface area contributed by atoms with Crippen molar-refractivity contribution in [2.24, 2.45) is 17.1 Å². The van der Waals surface area contributed by atoms with Crippen molar-refractivity contribution in [1.29, 1.82) is 0 Å². The summed E-state index contributed by atoms with van der Waals surface area (Å²) in [7, 11) is 0. The molecule has 0 saturated carbocycles. The second-order valence-corrected chi connectivity index (χ2v) is 5.09. The fourth-order valence-electron chi connectivity index (χ4n) is 3.09. The van der Waals surface area contributed by atoms with Gasteiger partial charge in [-0.05, 0) is 35.3 Å². The summed E-state index contributed by atoms with van der Waals surface area (Å²) >= 11 is 0. The van der Waals surface area contributed by atoms with Gasteiger partial charge in [-0.1, -0.05) is 45.0 Å². The number of hydrogen-bond donors (Lipinski definition) is 1. The summed E-state index contributed by atoms with van der Waals surface area (Å²) in [5.41, 5.74) is 9.55. The van der Waals surface area contributed by atoms with Crippen molar-refractivity contribution in [3.8, 4) is 0 Å². The van der Waals surface area contributed by atoms with E-state index in [-0.39, 0.29) is 11.5 Å². The summed E-state index contributed by atoms with van der Waals surface area (Å²) in [4.78, 5) is 0. The van der Waals surface area contributed by atoms with Gasteiger partial charge in [-0.2, -0.15) is 0 Å². The molecule has 15 heavy (non-hydrogen) atoms. The van der Waals surface area contributed by atoms with Gasteiger partial charge in [-0.3, -0.25) is 0 Å². The average Bonchev–Trinajstić information content (AvgIpc) is 2.53. The van der Waals surface area contributed by atoms with Crippen LogP contribution in [0.3, 0.4) is 0 Å². The van der Waals surface area contributed by atoms with Gasteiger partial charge >= 0.3 is 0 Å². The lowest BCUT2D eigenvalue weighted by atomic mass is 9.70. The van der Waals surface area contributed by atoms with Crippen molar-refractivity contribution < 1.29 is 0 Å². The second-order valence-electron chi connectivity index (χ2n) is 5.09. The Hall–Kier alpha value is -0.820. The van der Waals surface area contributed by atoms with E-state index in [2.05, 4.69) is 45.0 Å². The van der Waals surface area contributed by atoms with Crippen LogP contribution in [0.1, 0.15) is 44.4 Å². The highest BCUT2D eigenvalue weighted by molar-refractivity contribution is 5.38. The van der Waals surface area contributed by atoms with E-state index in [0.717, 1.165) is 6.42 Å². The van der Waals surface area contributed by atoms with E-state index in [1.807, 2.05) is 0 Å². The molecule has 0 radical (unpaired) electrons. The van der Waals surface area contributed by atoms with Gasteiger partial charge in [0, 0.05) is 6.04 Å². The Bertz CT molecular complexity index is 356. The molecular weight excluding hydrogens is 182 g/mol. The molecule has 1 heteroatoms. The summed E-state index contributed by atoms with van der Waals surface area (Å²) in [5, 5.41) is 0. The molecule has 1 aromatic rings. The molecule has 2 rings (SSSR count). The van der Waals surface area contributed by atoms with Crippen LogP contribution < -0.4 is 5.73 Å². The van der Waals surface area contributed by atoms with Gasteiger partial charge in [0.15, 0.2) is 0 Å². The van der Waals surface area contributed by atoms with E-state index < -0.39 is 0 Å². The van der Waals surface area contributed by atoms with Crippen LogP contribution in [0, 0.1) is 11.3 Å². The van der Waals surface area contributed by atoms with Crippen molar-refractivity contribution in [1.82, 2.24) is 0 Å². The van der Waals surface area contributed by atoms with Crippen molar-refractivity contribution >= 4 is 0 Å². The lowest BCUT2D eigenvalue weighted by Crippen LogP contribution is -2.35. The van der Waals surface area contributed by atoms with E-state index >= 15 is 0 Å². The molecule has 2 N–H and O–H groups in total. The molecule has 82 valence electrons. The Morgan fingerprint density at radius 1 is 1.40 bits per heavy atom. The van der Waals surface area contributed by atoms with Crippen LogP contribution in [-0.4, -0.2) is 0 Å². The molecule has 0 bridgehead atoms. The van der Waals surface area contributed by atoms with E-state index in [4.69, 9.17) is 5.73 Å². The first-order valence-corrected chi connectivity index (χ1v) is 5.95. The first kappa shape index (κ1) is 10.7. The standard InChI is InChI=1S/C14H21N/c1-4-14(10(2)3)9-11-7-5-6-8-12(11)13(14)15/h5-8,10,13H,4,9,15H2,1-3H3/t13-,14?/m1/s1. The third-order valence-corrected chi connectivity index (χ3v) is 4.34. The van der Waals surface area contributed by atoms with Gasteiger partial charge in [-0.25, -0.2) is 0 Å². The van der Waals surface area contributed by atoms with Crippen LogP contribution >= 0.6 is 0 Å². The molecule has 1 nitrogen and oxygen atoms in total. The topological polar surface area (TPSA) is 26.0 Å². The maximum absolute atomic E-state index is 6.44. The molecule has 1 aromatic carbocycles. The molecule has 0 fully saturated rings. The third-order valence-electron chi connectivity index (χ3n) is 4.34. The summed E-state index contributed by atoms with van der Waals surface area (Å²) in [5.74, 6) is 0.643. The van der Waals surface area contributed by atoms with Gasteiger partial charge < -0.3 is 5.73 Å². The maximum Gasteiger partial charge on any atom is 0.0360 e. The Morgan fingerprint density at radius 3 is 2.60 bits per heavy atom. The van der Waals surface area contributed by atoms with Crippen LogP contribution in [0.5, 0.6) is 0 Å². The third kappa shape index (κ3) is 1.41. The van der Waals surface area contributed by atoms with Crippen molar-refractivity contribution in [2.45, 2.75) is 39.7 Å². The molecular formula is C14H21N. The maximum atomic E-state index is 6.44. The molecule has 0 saturated heterocycles. The normalized spacial score (nSPS) is 29.5. The van der Waals surface area contributed by atoms with Crippen molar-refractivity contribution in [2.75, 3.05) is 0 Å². The van der Waals surface area contributed by atoms with Crippen molar-refractivity contribution in [3.63, 3.8) is 0 Å². The Morgan fingerprint density at radius 2 is 2.07 bits per heavy atom. The monoisotopic (exact) mass is 203 g/mol. The average molecular weight is 203 g/mol. The van der Waals surface area contributed by atoms with Crippen LogP contribution in [0.15, 0.2) is 24.3 Å². The van der Waals surface area contributed by atoms with Gasteiger partial charge in [0.25, 0.3) is 0 Å². The quantitative estimate of drug-likeness (QED) is 0.784.